The zero-order valence-corrected chi connectivity index (χ0v) is 10.6. The summed E-state index contributed by atoms with van der Waals surface area (Å²) in [4.78, 5) is 0. The van der Waals surface area contributed by atoms with Crippen LogP contribution in [0.4, 0.5) is 0 Å². The van der Waals surface area contributed by atoms with Gasteiger partial charge < -0.3 is 9.30 Å². The van der Waals surface area contributed by atoms with Gasteiger partial charge in [-0.2, -0.15) is 0 Å². The van der Waals surface area contributed by atoms with E-state index >= 15 is 0 Å². The fourth-order valence-electron chi connectivity index (χ4n) is 1.89. The number of aromatic nitrogens is 3. The minimum Gasteiger partial charge on any atom is -0.476 e. The molecule has 0 saturated carbocycles. The predicted octanol–water partition coefficient (Wildman–Crippen LogP) is 2.64. The SMILES string of the molecule is CCOc1nnc(Cl)c2c(C)n(C)c(C)c12. The van der Waals surface area contributed by atoms with Crippen molar-refractivity contribution in [3.05, 3.63) is 16.5 Å². The minimum absolute atomic E-state index is 0.430. The molecule has 16 heavy (non-hydrogen) atoms. The highest BCUT2D eigenvalue weighted by atomic mass is 35.5. The summed E-state index contributed by atoms with van der Waals surface area (Å²) in [6.07, 6.45) is 0. The average molecular weight is 240 g/mol. The molecule has 0 aliphatic carbocycles. The van der Waals surface area contributed by atoms with E-state index in [1.807, 2.05) is 27.8 Å². The lowest BCUT2D eigenvalue weighted by Gasteiger charge is -2.04. The van der Waals surface area contributed by atoms with Crippen molar-refractivity contribution in [2.45, 2.75) is 20.8 Å². The molecular weight excluding hydrogens is 226 g/mol. The van der Waals surface area contributed by atoms with Crippen molar-refractivity contribution in [3.8, 4) is 5.88 Å². The summed E-state index contributed by atoms with van der Waals surface area (Å²) in [5.41, 5.74) is 2.17. The Kier molecular flexibility index (Phi) is 2.76. The number of nitrogens with zero attached hydrogens (tertiary/aromatic N) is 3. The normalized spacial score (nSPS) is 11.1. The molecule has 0 amide bonds. The van der Waals surface area contributed by atoms with Crippen molar-refractivity contribution in [1.82, 2.24) is 14.8 Å². The van der Waals surface area contributed by atoms with E-state index in [4.69, 9.17) is 16.3 Å². The van der Waals surface area contributed by atoms with Crippen LogP contribution < -0.4 is 4.74 Å². The lowest BCUT2D eigenvalue weighted by atomic mass is 10.2. The summed E-state index contributed by atoms with van der Waals surface area (Å²) in [6, 6.07) is 0. The molecule has 86 valence electrons. The van der Waals surface area contributed by atoms with Crippen molar-refractivity contribution in [1.29, 1.82) is 0 Å². The highest BCUT2D eigenvalue weighted by Gasteiger charge is 2.17. The van der Waals surface area contributed by atoms with Gasteiger partial charge in [0.25, 0.3) is 0 Å². The highest BCUT2D eigenvalue weighted by Crippen LogP contribution is 2.34. The number of hydrogen-bond acceptors (Lipinski definition) is 3. The van der Waals surface area contributed by atoms with Gasteiger partial charge in [-0.05, 0) is 20.8 Å². The first-order valence-corrected chi connectivity index (χ1v) is 5.56. The standard InChI is InChI=1S/C11H14ClN3O/c1-5-16-11-9-7(3)15(4)6(2)8(9)10(12)13-14-11/h5H2,1-4H3. The number of hydrogen-bond donors (Lipinski definition) is 0. The molecule has 0 N–H and O–H groups in total. The molecule has 2 heterocycles. The molecule has 2 aromatic rings. The molecule has 0 radical (unpaired) electrons. The van der Waals surface area contributed by atoms with Crippen LogP contribution in [0.5, 0.6) is 5.88 Å². The molecule has 0 spiro atoms. The van der Waals surface area contributed by atoms with Crippen LogP contribution in [0.1, 0.15) is 18.3 Å². The molecule has 0 saturated heterocycles. The fourth-order valence-corrected chi connectivity index (χ4v) is 2.16. The average Bonchev–Trinajstić information content (AvgIpc) is 2.49. The Balaban J connectivity index is 2.87. The van der Waals surface area contributed by atoms with Crippen LogP contribution in [0.25, 0.3) is 10.8 Å². The first-order chi connectivity index (χ1) is 7.57. The monoisotopic (exact) mass is 239 g/mol. The summed E-state index contributed by atoms with van der Waals surface area (Å²) in [5, 5.41) is 10.2. The maximum absolute atomic E-state index is 6.08. The molecule has 5 heteroatoms. The fraction of sp³-hybridized carbons (Fsp3) is 0.455. The molecule has 0 aliphatic heterocycles. The van der Waals surface area contributed by atoms with Crippen molar-refractivity contribution in [2.75, 3.05) is 6.61 Å². The van der Waals surface area contributed by atoms with E-state index in [2.05, 4.69) is 14.8 Å². The van der Waals surface area contributed by atoms with E-state index in [1.54, 1.807) is 0 Å². The van der Waals surface area contributed by atoms with Gasteiger partial charge in [-0.25, -0.2) is 0 Å². The first-order valence-electron chi connectivity index (χ1n) is 5.18. The maximum atomic E-state index is 6.08. The number of rotatable bonds is 2. The Bertz CT molecular complexity index is 548. The third kappa shape index (κ3) is 1.45. The van der Waals surface area contributed by atoms with Crippen LogP contribution in [0.2, 0.25) is 5.15 Å². The number of aryl methyl sites for hydroxylation is 2. The van der Waals surface area contributed by atoms with Gasteiger partial charge in [0.15, 0.2) is 5.15 Å². The van der Waals surface area contributed by atoms with Crippen LogP contribution in [-0.2, 0) is 7.05 Å². The first kappa shape index (κ1) is 11.2. The summed E-state index contributed by atoms with van der Waals surface area (Å²) >= 11 is 6.08. The molecule has 0 aromatic carbocycles. The molecule has 0 bridgehead atoms. The van der Waals surface area contributed by atoms with Gasteiger partial charge in [0.2, 0.25) is 5.88 Å². The second-order valence-corrected chi connectivity index (χ2v) is 4.07. The number of ether oxygens (including phenoxy) is 1. The largest absolute Gasteiger partial charge is 0.476 e. The summed E-state index contributed by atoms with van der Waals surface area (Å²) in [7, 11) is 2.00. The lowest BCUT2D eigenvalue weighted by molar-refractivity contribution is 0.327. The smallest absolute Gasteiger partial charge is 0.243 e. The summed E-state index contributed by atoms with van der Waals surface area (Å²) < 4.78 is 7.55. The molecule has 2 rings (SSSR count). The Morgan fingerprint density at radius 3 is 2.44 bits per heavy atom. The maximum Gasteiger partial charge on any atom is 0.243 e. The topological polar surface area (TPSA) is 39.9 Å². The second kappa shape index (κ2) is 3.94. The summed E-state index contributed by atoms with van der Waals surface area (Å²) in [6.45, 7) is 6.53. The van der Waals surface area contributed by atoms with Gasteiger partial charge >= 0.3 is 0 Å². The van der Waals surface area contributed by atoms with Gasteiger partial charge in [-0.1, -0.05) is 11.6 Å². The van der Waals surface area contributed by atoms with Gasteiger partial charge in [-0.3, -0.25) is 0 Å². The summed E-state index contributed by atoms with van der Waals surface area (Å²) in [5.74, 6) is 0.558. The van der Waals surface area contributed by atoms with Crippen LogP contribution >= 0.6 is 11.6 Å². The molecule has 0 fully saturated rings. The molecule has 0 unspecified atom stereocenters. The van der Waals surface area contributed by atoms with Crippen LogP contribution in [-0.4, -0.2) is 21.4 Å². The Labute approximate surface area is 99.2 Å². The van der Waals surface area contributed by atoms with E-state index < -0.39 is 0 Å². The third-order valence-corrected chi connectivity index (χ3v) is 3.17. The third-order valence-electron chi connectivity index (χ3n) is 2.91. The van der Waals surface area contributed by atoms with E-state index in [1.165, 1.54) is 0 Å². The van der Waals surface area contributed by atoms with E-state index in [-0.39, 0.29) is 0 Å². The number of fused-ring (bicyclic) bond motifs is 1. The molecule has 4 nitrogen and oxygen atoms in total. The Hall–Kier alpha value is -1.29. The minimum atomic E-state index is 0.430. The van der Waals surface area contributed by atoms with Crippen molar-refractivity contribution < 1.29 is 4.74 Å². The Morgan fingerprint density at radius 2 is 1.81 bits per heavy atom. The van der Waals surface area contributed by atoms with Gasteiger partial charge in [0.1, 0.15) is 0 Å². The van der Waals surface area contributed by atoms with Crippen molar-refractivity contribution in [3.63, 3.8) is 0 Å². The Morgan fingerprint density at radius 1 is 1.19 bits per heavy atom. The van der Waals surface area contributed by atoms with Crippen LogP contribution in [0.15, 0.2) is 0 Å². The quantitative estimate of drug-likeness (QED) is 0.809. The van der Waals surface area contributed by atoms with E-state index in [9.17, 15) is 0 Å². The lowest BCUT2D eigenvalue weighted by Crippen LogP contribution is -1.97. The zero-order chi connectivity index (χ0) is 11.9. The number of halogens is 1. The van der Waals surface area contributed by atoms with Crippen LogP contribution in [0.3, 0.4) is 0 Å². The van der Waals surface area contributed by atoms with Gasteiger partial charge in [-0.15, -0.1) is 10.2 Å². The molecule has 0 aliphatic rings. The van der Waals surface area contributed by atoms with Crippen molar-refractivity contribution >= 4 is 22.4 Å². The second-order valence-electron chi connectivity index (χ2n) is 3.71. The van der Waals surface area contributed by atoms with E-state index in [0.717, 1.165) is 22.2 Å². The zero-order valence-electron chi connectivity index (χ0n) is 9.83. The van der Waals surface area contributed by atoms with Gasteiger partial charge in [0, 0.05) is 23.8 Å². The molecule has 0 atom stereocenters. The molecule has 2 aromatic heterocycles. The molecular formula is C11H14ClN3O. The van der Waals surface area contributed by atoms with Crippen molar-refractivity contribution in [2.24, 2.45) is 7.05 Å². The van der Waals surface area contributed by atoms with E-state index in [0.29, 0.717) is 17.6 Å². The highest BCUT2D eigenvalue weighted by molar-refractivity contribution is 6.34. The van der Waals surface area contributed by atoms with Gasteiger partial charge in [0.05, 0.1) is 12.0 Å². The predicted molar refractivity (Wildman–Crippen MR) is 64.2 cm³/mol. The van der Waals surface area contributed by atoms with Crippen LogP contribution in [0, 0.1) is 13.8 Å².